The third kappa shape index (κ3) is 4.32. The lowest BCUT2D eigenvalue weighted by atomic mass is 9.99. The van der Waals surface area contributed by atoms with E-state index in [2.05, 4.69) is 191 Å². The van der Waals surface area contributed by atoms with Gasteiger partial charge in [-0.2, -0.15) is 0 Å². The van der Waals surface area contributed by atoms with Crippen LogP contribution in [-0.4, -0.2) is 19.1 Å². The molecule has 5 heteroatoms. The summed E-state index contributed by atoms with van der Waals surface area (Å²) in [6.07, 6.45) is 0. The summed E-state index contributed by atoms with van der Waals surface area (Å²) in [6, 6.07) is 65.6. The van der Waals surface area contributed by atoms with Crippen LogP contribution < -0.4 is 0 Å². The van der Waals surface area contributed by atoms with Crippen molar-refractivity contribution < 1.29 is 0 Å². The minimum Gasteiger partial charge on any atom is -0.309 e. The maximum Gasteiger partial charge on any atom is 0.138 e. The molecule has 0 bridgehead atoms. The highest BCUT2D eigenvalue weighted by Gasteiger charge is 2.20. The number of rotatable bonds is 3. The van der Waals surface area contributed by atoms with Crippen molar-refractivity contribution in [2.75, 3.05) is 0 Å². The van der Waals surface area contributed by atoms with Crippen molar-refractivity contribution in [3.63, 3.8) is 0 Å². The summed E-state index contributed by atoms with van der Waals surface area (Å²) in [5.74, 6) is 0.907. The third-order valence-corrected chi connectivity index (χ3v) is 13.1. The van der Waals surface area contributed by atoms with Crippen molar-refractivity contribution in [2.45, 2.75) is 0 Å². The Labute approximate surface area is 330 Å². The van der Waals surface area contributed by atoms with Gasteiger partial charge in [0.05, 0.1) is 38.8 Å². The Kier molecular flexibility index (Phi) is 6.29. The van der Waals surface area contributed by atoms with Gasteiger partial charge in [-0.05, 0) is 72.8 Å². The number of hydrogen-bond acceptors (Lipinski definition) is 3. The zero-order valence-electron chi connectivity index (χ0n) is 30.5. The monoisotopic (exact) mass is 742 g/mol. The van der Waals surface area contributed by atoms with Crippen LogP contribution in [0.5, 0.6) is 0 Å². The molecule has 8 aromatic carbocycles. The van der Waals surface area contributed by atoms with Gasteiger partial charge in [0, 0.05) is 74.5 Å². The van der Waals surface area contributed by atoms with Gasteiger partial charge in [-0.15, -0.1) is 11.3 Å². The standard InChI is InChI=1S/C52H30N4S/c1-2-12-32(13-3-1)55-45-27-22-31(30-41(45)49-46(55)28-24-40-35-16-8-11-21-47(35)57-52(40)49)42-26-23-38-39-25-29-48(54-51(39)37-18-5-4-17-36(37)50(38)53-42)56-43-19-9-6-14-33(43)34-15-7-10-20-44(34)56/h1-30H. The molecule has 13 rings (SSSR count). The van der Waals surface area contributed by atoms with E-state index in [-0.39, 0.29) is 0 Å². The quantitative estimate of drug-likeness (QED) is 0.169. The molecule has 0 saturated carbocycles. The summed E-state index contributed by atoms with van der Waals surface area (Å²) in [6.45, 7) is 0. The summed E-state index contributed by atoms with van der Waals surface area (Å²) in [5, 5.41) is 12.0. The summed E-state index contributed by atoms with van der Waals surface area (Å²) >= 11 is 1.88. The van der Waals surface area contributed by atoms with Crippen LogP contribution in [0.25, 0.3) is 119 Å². The third-order valence-electron chi connectivity index (χ3n) is 11.9. The van der Waals surface area contributed by atoms with Gasteiger partial charge in [0.15, 0.2) is 0 Å². The Morgan fingerprint density at radius 1 is 0.368 bits per heavy atom. The Balaban J connectivity index is 1.04. The summed E-state index contributed by atoms with van der Waals surface area (Å²) in [5.41, 5.74) is 9.87. The molecule has 0 saturated heterocycles. The topological polar surface area (TPSA) is 35.6 Å². The number of thiophene rings is 1. The first-order chi connectivity index (χ1) is 28.3. The predicted octanol–water partition coefficient (Wildman–Crippen LogP) is 14.2. The molecule has 0 amide bonds. The number of para-hydroxylation sites is 3. The second-order valence-corrected chi connectivity index (χ2v) is 16.0. The average Bonchev–Trinajstić information content (AvgIpc) is 3.94. The molecule has 0 spiro atoms. The number of hydrogen-bond donors (Lipinski definition) is 0. The lowest BCUT2D eigenvalue weighted by Crippen LogP contribution is -1.98. The number of benzene rings is 8. The fourth-order valence-electron chi connectivity index (χ4n) is 9.40. The van der Waals surface area contributed by atoms with E-state index in [0.29, 0.717) is 0 Å². The Morgan fingerprint density at radius 3 is 1.68 bits per heavy atom. The SMILES string of the molecule is c1ccc(-n2c3ccc(-c4ccc5c6ccc(-n7c8ccccc8c8ccccc87)nc6c6ccccc6c5n4)cc3c3c4sc5ccccc5c4ccc32)cc1. The number of pyridine rings is 2. The van der Waals surface area contributed by atoms with Crippen LogP contribution in [0.15, 0.2) is 182 Å². The maximum absolute atomic E-state index is 5.49. The minimum absolute atomic E-state index is 0.907. The van der Waals surface area contributed by atoms with Gasteiger partial charge in [-0.1, -0.05) is 109 Å². The van der Waals surface area contributed by atoms with Crippen LogP contribution in [0.2, 0.25) is 0 Å². The average molecular weight is 743 g/mol. The molecule has 0 aliphatic carbocycles. The highest BCUT2D eigenvalue weighted by molar-refractivity contribution is 7.26. The van der Waals surface area contributed by atoms with Crippen LogP contribution in [0.4, 0.5) is 0 Å². The Hall–Kier alpha value is -7.34. The summed E-state index contributed by atoms with van der Waals surface area (Å²) in [4.78, 5) is 10.9. The van der Waals surface area contributed by atoms with E-state index >= 15 is 0 Å². The Bertz CT molecular complexity index is 3740. The van der Waals surface area contributed by atoms with E-state index in [1.165, 1.54) is 52.8 Å². The van der Waals surface area contributed by atoms with Gasteiger partial charge in [0.25, 0.3) is 0 Å². The first kappa shape index (κ1) is 30.9. The van der Waals surface area contributed by atoms with Crippen molar-refractivity contribution in [3.05, 3.63) is 182 Å². The minimum atomic E-state index is 0.907. The zero-order valence-corrected chi connectivity index (χ0v) is 31.3. The molecule has 4 nitrogen and oxygen atoms in total. The normalized spacial score (nSPS) is 12.2. The first-order valence-corrected chi connectivity index (χ1v) is 20.2. The van der Waals surface area contributed by atoms with Crippen LogP contribution >= 0.6 is 11.3 Å². The van der Waals surface area contributed by atoms with Gasteiger partial charge < -0.3 is 4.57 Å². The van der Waals surface area contributed by atoms with Crippen molar-refractivity contribution in [1.82, 2.24) is 19.1 Å². The van der Waals surface area contributed by atoms with E-state index in [9.17, 15) is 0 Å². The maximum atomic E-state index is 5.49. The van der Waals surface area contributed by atoms with Crippen LogP contribution in [0.3, 0.4) is 0 Å². The second-order valence-electron chi connectivity index (χ2n) is 14.9. The van der Waals surface area contributed by atoms with Gasteiger partial charge >= 0.3 is 0 Å². The molecule has 0 radical (unpaired) electrons. The van der Waals surface area contributed by atoms with Gasteiger partial charge in [0.2, 0.25) is 0 Å². The highest BCUT2D eigenvalue weighted by atomic mass is 32.1. The molecule has 5 aromatic heterocycles. The fourth-order valence-corrected chi connectivity index (χ4v) is 10.7. The molecular weight excluding hydrogens is 713 g/mol. The molecule has 0 fully saturated rings. The van der Waals surface area contributed by atoms with E-state index in [0.717, 1.165) is 66.4 Å². The molecule has 0 atom stereocenters. The molecule has 264 valence electrons. The lowest BCUT2D eigenvalue weighted by molar-refractivity contribution is 1.10. The van der Waals surface area contributed by atoms with E-state index in [1.54, 1.807) is 0 Å². The molecular formula is C52H30N4S. The smallest absolute Gasteiger partial charge is 0.138 e. The Morgan fingerprint density at radius 2 is 0.930 bits per heavy atom. The summed E-state index contributed by atoms with van der Waals surface area (Å²) < 4.78 is 7.33. The zero-order chi connectivity index (χ0) is 37.2. The molecule has 13 aromatic rings. The van der Waals surface area contributed by atoms with Crippen LogP contribution in [0.1, 0.15) is 0 Å². The van der Waals surface area contributed by atoms with Gasteiger partial charge in [-0.25, -0.2) is 9.97 Å². The van der Waals surface area contributed by atoms with E-state index in [1.807, 2.05) is 11.3 Å². The summed E-state index contributed by atoms with van der Waals surface area (Å²) in [7, 11) is 0. The molecule has 57 heavy (non-hydrogen) atoms. The molecule has 0 unspecified atom stereocenters. The van der Waals surface area contributed by atoms with Crippen LogP contribution in [0, 0.1) is 0 Å². The molecule has 0 N–H and O–H groups in total. The lowest BCUT2D eigenvalue weighted by Gasteiger charge is -2.13. The van der Waals surface area contributed by atoms with Gasteiger partial charge in [-0.3, -0.25) is 4.57 Å². The number of fused-ring (bicyclic) bond motifs is 16. The molecule has 0 aliphatic rings. The largest absolute Gasteiger partial charge is 0.309 e. The van der Waals surface area contributed by atoms with Crippen molar-refractivity contribution >= 4 is 108 Å². The van der Waals surface area contributed by atoms with E-state index < -0.39 is 0 Å². The number of nitrogens with zero attached hydrogens (tertiary/aromatic N) is 4. The highest BCUT2D eigenvalue weighted by Crippen LogP contribution is 2.44. The fraction of sp³-hybridized carbons (Fsp3) is 0. The van der Waals surface area contributed by atoms with Crippen molar-refractivity contribution in [3.8, 4) is 22.8 Å². The van der Waals surface area contributed by atoms with Gasteiger partial charge in [0.1, 0.15) is 5.82 Å². The van der Waals surface area contributed by atoms with E-state index in [4.69, 9.17) is 9.97 Å². The molecule has 5 heterocycles. The van der Waals surface area contributed by atoms with Crippen molar-refractivity contribution in [1.29, 1.82) is 0 Å². The second kappa shape index (κ2) is 11.6. The predicted molar refractivity (Wildman–Crippen MR) is 242 cm³/mol. The molecule has 0 aliphatic heterocycles. The first-order valence-electron chi connectivity index (χ1n) is 19.3. The van der Waals surface area contributed by atoms with Crippen molar-refractivity contribution in [2.24, 2.45) is 0 Å². The number of aromatic nitrogens is 4. The van der Waals surface area contributed by atoms with Crippen LogP contribution in [-0.2, 0) is 0 Å².